The first-order valence-corrected chi connectivity index (χ1v) is 11.2. The van der Waals surface area contributed by atoms with Crippen LogP contribution in [0.1, 0.15) is 11.3 Å². The number of nitro groups is 1. The molecule has 1 amide bonds. The number of amides is 1. The third-order valence-electron chi connectivity index (χ3n) is 5.00. The fourth-order valence-electron chi connectivity index (χ4n) is 3.34. The van der Waals surface area contributed by atoms with Crippen LogP contribution in [0, 0.1) is 17.0 Å². The van der Waals surface area contributed by atoms with Gasteiger partial charge in [-0.3, -0.25) is 19.5 Å². The first-order chi connectivity index (χ1) is 16.5. The summed E-state index contributed by atoms with van der Waals surface area (Å²) in [6.07, 6.45) is 1.60. The van der Waals surface area contributed by atoms with Crippen LogP contribution in [0.25, 0.3) is 11.4 Å². The Balaban J connectivity index is 1.54. The zero-order valence-corrected chi connectivity index (χ0v) is 19.2. The van der Waals surface area contributed by atoms with E-state index in [0.717, 1.165) is 11.1 Å². The first-order valence-electron chi connectivity index (χ1n) is 10.2. The lowest BCUT2D eigenvalue weighted by atomic mass is 10.2. The number of rotatable bonds is 9. The maximum Gasteiger partial charge on any atom is 0.271 e. The van der Waals surface area contributed by atoms with Crippen molar-refractivity contribution < 1.29 is 18.9 Å². The molecule has 0 atom stereocenters. The smallest absolute Gasteiger partial charge is 0.271 e. The molecule has 0 saturated heterocycles. The number of ether oxygens (including phenoxy) is 1. The van der Waals surface area contributed by atoms with Crippen LogP contribution in [0.15, 0.2) is 70.4 Å². The fraction of sp³-hybridized carbons (Fsp3) is 0.174. The maximum atomic E-state index is 12.7. The van der Waals surface area contributed by atoms with Crippen LogP contribution in [0.4, 0.5) is 11.4 Å². The molecule has 1 N–H and O–H groups in total. The van der Waals surface area contributed by atoms with Gasteiger partial charge in [0, 0.05) is 12.1 Å². The Morgan fingerprint density at radius 3 is 2.68 bits per heavy atom. The van der Waals surface area contributed by atoms with Gasteiger partial charge in [0.25, 0.3) is 5.69 Å². The molecule has 2 aromatic heterocycles. The van der Waals surface area contributed by atoms with Crippen LogP contribution >= 0.6 is 11.8 Å². The molecule has 0 bridgehead atoms. The molecule has 0 spiro atoms. The van der Waals surface area contributed by atoms with Gasteiger partial charge in [-0.1, -0.05) is 42.1 Å². The zero-order chi connectivity index (χ0) is 24.1. The number of furan rings is 1. The van der Waals surface area contributed by atoms with E-state index in [1.165, 1.54) is 37.1 Å². The molecule has 34 heavy (non-hydrogen) atoms. The van der Waals surface area contributed by atoms with Crippen molar-refractivity contribution >= 4 is 29.0 Å². The summed E-state index contributed by atoms with van der Waals surface area (Å²) in [5.41, 5.74) is 1.95. The molecule has 0 unspecified atom stereocenters. The lowest BCUT2D eigenvalue weighted by Gasteiger charge is -2.11. The topological polar surface area (TPSA) is 125 Å². The van der Waals surface area contributed by atoms with Crippen LogP contribution in [0.3, 0.4) is 0 Å². The van der Waals surface area contributed by atoms with Gasteiger partial charge >= 0.3 is 0 Å². The van der Waals surface area contributed by atoms with Crippen molar-refractivity contribution in [3.63, 3.8) is 0 Å². The van der Waals surface area contributed by atoms with E-state index in [9.17, 15) is 14.9 Å². The first kappa shape index (κ1) is 23.1. The summed E-state index contributed by atoms with van der Waals surface area (Å²) in [7, 11) is 1.43. The summed E-state index contributed by atoms with van der Waals surface area (Å²) in [5, 5.41) is 23.0. The van der Waals surface area contributed by atoms with E-state index >= 15 is 0 Å². The van der Waals surface area contributed by atoms with E-state index in [1.54, 1.807) is 6.26 Å². The predicted octanol–water partition coefficient (Wildman–Crippen LogP) is 4.54. The summed E-state index contributed by atoms with van der Waals surface area (Å²) in [6.45, 7) is 2.36. The number of aryl methyl sites for hydroxylation is 1. The molecular weight excluding hydrogens is 458 g/mol. The number of hydrogen-bond acceptors (Lipinski definition) is 8. The lowest BCUT2D eigenvalue weighted by Crippen LogP contribution is -2.15. The Kier molecular flexibility index (Phi) is 6.93. The number of non-ortho nitro benzene ring substituents is 1. The summed E-state index contributed by atoms with van der Waals surface area (Å²) in [6, 6.07) is 15.7. The average Bonchev–Trinajstić information content (AvgIpc) is 3.43. The molecule has 0 saturated carbocycles. The van der Waals surface area contributed by atoms with Gasteiger partial charge in [-0.15, -0.1) is 10.2 Å². The van der Waals surface area contributed by atoms with E-state index in [-0.39, 0.29) is 23.0 Å². The second-order valence-corrected chi connectivity index (χ2v) is 8.19. The monoisotopic (exact) mass is 479 g/mol. The number of anilines is 1. The second-order valence-electron chi connectivity index (χ2n) is 7.25. The number of nitrogens with zero attached hydrogens (tertiary/aromatic N) is 4. The van der Waals surface area contributed by atoms with Gasteiger partial charge in [0.15, 0.2) is 11.0 Å². The largest absolute Gasteiger partial charge is 0.495 e. The average molecular weight is 480 g/mol. The van der Waals surface area contributed by atoms with Gasteiger partial charge < -0.3 is 14.5 Å². The third-order valence-corrected chi connectivity index (χ3v) is 5.97. The minimum atomic E-state index is -0.532. The maximum absolute atomic E-state index is 12.7. The molecule has 0 aliphatic rings. The van der Waals surface area contributed by atoms with Crippen molar-refractivity contribution in [2.45, 2.75) is 18.6 Å². The van der Waals surface area contributed by atoms with Crippen molar-refractivity contribution in [2.75, 3.05) is 18.2 Å². The predicted molar refractivity (Wildman–Crippen MR) is 127 cm³/mol. The van der Waals surface area contributed by atoms with E-state index < -0.39 is 4.92 Å². The number of nitro benzene ring substituents is 1. The minimum Gasteiger partial charge on any atom is -0.495 e. The number of aromatic nitrogens is 3. The van der Waals surface area contributed by atoms with E-state index in [1.807, 2.05) is 47.9 Å². The molecule has 4 aromatic rings. The SMILES string of the molecule is COc1ccc([N+](=O)[O-])cc1NC(=O)CSc1nnc(-c2ccoc2C)n1Cc1ccccc1. The molecule has 0 aliphatic heterocycles. The van der Waals surface area contributed by atoms with Gasteiger partial charge in [0.05, 0.1) is 41.8 Å². The van der Waals surface area contributed by atoms with E-state index in [4.69, 9.17) is 9.15 Å². The molecule has 2 heterocycles. The molecule has 10 nitrogen and oxygen atoms in total. The quantitative estimate of drug-likeness (QED) is 0.211. The van der Waals surface area contributed by atoms with Crippen LogP contribution < -0.4 is 10.1 Å². The van der Waals surface area contributed by atoms with Gasteiger partial charge in [-0.2, -0.15) is 0 Å². The standard InChI is InChI=1S/C23H21N5O5S/c1-15-18(10-11-33-15)22-25-26-23(27(22)13-16-6-4-3-5-7-16)34-14-21(29)24-19-12-17(28(30)31)8-9-20(19)32-2/h3-12H,13-14H2,1-2H3,(H,24,29). The third kappa shape index (κ3) is 5.09. The molecule has 2 aromatic carbocycles. The van der Waals surface area contributed by atoms with Gasteiger partial charge in [-0.05, 0) is 24.6 Å². The number of methoxy groups -OCH3 is 1. The van der Waals surface area contributed by atoms with Gasteiger partial charge in [0.2, 0.25) is 5.91 Å². The number of benzene rings is 2. The van der Waals surface area contributed by atoms with Crippen molar-refractivity contribution in [3.05, 3.63) is 82.3 Å². The molecule has 11 heteroatoms. The summed E-state index contributed by atoms with van der Waals surface area (Å²) < 4.78 is 12.6. The summed E-state index contributed by atoms with van der Waals surface area (Å²) in [4.78, 5) is 23.2. The highest BCUT2D eigenvalue weighted by atomic mass is 32.2. The summed E-state index contributed by atoms with van der Waals surface area (Å²) in [5.74, 6) is 1.34. The number of hydrogen-bond donors (Lipinski definition) is 1. The number of carbonyl (C=O) groups is 1. The van der Waals surface area contributed by atoms with Crippen molar-refractivity contribution in [1.82, 2.24) is 14.8 Å². The number of carbonyl (C=O) groups excluding carboxylic acids is 1. The van der Waals surface area contributed by atoms with Crippen molar-refractivity contribution in [3.8, 4) is 17.1 Å². The lowest BCUT2D eigenvalue weighted by molar-refractivity contribution is -0.384. The van der Waals surface area contributed by atoms with Gasteiger partial charge in [0.1, 0.15) is 11.5 Å². The van der Waals surface area contributed by atoms with Gasteiger partial charge in [-0.25, -0.2) is 0 Å². The Morgan fingerprint density at radius 1 is 1.21 bits per heavy atom. The van der Waals surface area contributed by atoms with Crippen molar-refractivity contribution in [1.29, 1.82) is 0 Å². The number of thioether (sulfide) groups is 1. The molecule has 174 valence electrons. The Labute approximate surface area is 199 Å². The van der Waals surface area contributed by atoms with Crippen LogP contribution in [-0.2, 0) is 11.3 Å². The Hall–Kier alpha value is -4.12. The fourth-order valence-corrected chi connectivity index (χ4v) is 4.08. The highest BCUT2D eigenvalue weighted by Gasteiger charge is 2.19. The van der Waals surface area contributed by atoms with Crippen LogP contribution in [0.5, 0.6) is 5.75 Å². The van der Waals surface area contributed by atoms with Crippen LogP contribution in [-0.4, -0.2) is 38.5 Å². The number of nitrogens with one attached hydrogen (secondary N) is 1. The molecular formula is C23H21N5O5S. The van der Waals surface area contributed by atoms with E-state index in [0.29, 0.717) is 29.0 Å². The summed E-state index contributed by atoms with van der Waals surface area (Å²) >= 11 is 1.21. The van der Waals surface area contributed by atoms with Crippen molar-refractivity contribution in [2.24, 2.45) is 0 Å². The molecule has 0 fully saturated rings. The highest BCUT2D eigenvalue weighted by molar-refractivity contribution is 7.99. The van der Waals surface area contributed by atoms with Crippen LogP contribution in [0.2, 0.25) is 0 Å². The normalized spacial score (nSPS) is 10.8. The molecule has 0 radical (unpaired) electrons. The second kappa shape index (κ2) is 10.2. The minimum absolute atomic E-state index is 0.0170. The highest BCUT2D eigenvalue weighted by Crippen LogP contribution is 2.30. The van der Waals surface area contributed by atoms with E-state index in [2.05, 4.69) is 15.5 Å². The molecule has 4 rings (SSSR count). The Bertz CT molecular complexity index is 1320. The Morgan fingerprint density at radius 2 is 2.00 bits per heavy atom. The zero-order valence-electron chi connectivity index (χ0n) is 18.4. The molecule has 0 aliphatic carbocycles.